The molecule has 0 saturated heterocycles. The number of H-pyrrole nitrogens is 1. The average Bonchev–Trinajstić information content (AvgIpc) is 3.10. The maximum Gasteiger partial charge on any atom is 0.282 e. The third-order valence-electron chi connectivity index (χ3n) is 3.73. The predicted molar refractivity (Wildman–Crippen MR) is 75.0 cm³/mol. The van der Waals surface area contributed by atoms with E-state index in [0.717, 1.165) is 23.2 Å². The van der Waals surface area contributed by atoms with Crippen LogP contribution in [0, 0.1) is 0 Å². The van der Waals surface area contributed by atoms with Gasteiger partial charge < -0.3 is 5.32 Å². The number of nitrogens with zero attached hydrogens (tertiary/aromatic N) is 3. The second kappa shape index (κ2) is 6.62. The molecule has 2 heterocycles. The van der Waals surface area contributed by atoms with Crippen molar-refractivity contribution in [3.05, 3.63) is 34.9 Å². The lowest BCUT2D eigenvalue weighted by Crippen LogP contribution is -2.28. The summed E-state index contributed by atoms with van der Waals surface area (Å²) in [4.78, 5) is 11.9. The summed E-state index contributed by atoms with van der Waals surface area (Å²) in [6.45, 7) is -0.174. The van der Waals surface area contributed by atoms with Crippen molar-refractivity contribution in [3.63, 3.8) is 0 Å². The fourth-order valence-electron chi connectivity index (χ4n) is 2.34. The summed E-state index contributed by atoms with van der Waals surface area (Å²) in [5.41, 5.74) is -0.207. The van der Waals surface area contributed by atoms with E-state index in [4.69, 9.17) is 0 Å². The van der Waals surface area contributed by atoms with E-state index in [1.54, 1.807) is 6.07 Å². The minimum atomic E-state index is -2.93. The van der Waals surface area contributed by atoms with Crippen molar-refractivity contribution in [1.82, 2.24) is 25.3 Å². The van der Waals surface area contributed by atoms with Crippen molar-refractivity contribution in [2.24, 2.45) is 0 Å². The zero-order chi connectivity index (χ0) is 17.3. The number of carbonyl (C=O) groups is 1. The Kier molecular flexibility index (Phi) is 4.54. The molecule has 1 saturated carbocycles. The van der Waals surface area contributed by atoms with Crippen molar-refractivity contribution < 1.29 is 22.4 Å². The van der Waals surface area contributed by atoms with Crippen molar-refractivity contribution in [2.75, 3.05) is 6.54 Å². The van der Waals surface area contributed by atoms with E-state index in [9.17, 15) is 22.4 Å². The number of hydrogen-bond donors (Lipinski definition) is 2. The summed E-state index contributed by atoms with van der Waals surface area (Å²) in [7, 11) is 0. The highest BCUT2D eigenvalue weighted by molar-refractivity contribution is 5.92. The van der Waals surface area contributed by atoms with Crippen molar-refractivity contribution in [3.8, 4) is 0 Å². The van der Waals surface area contributed by atoms with Gasteiger partial charge in [-0.05, 0) is 25.0 Å². The van der Waals surface area contributed by atoms with Crippen LogP contribution in [0.4, 0.5) is 17.6 Å². The summed E-state index contributed by atoms with van der Waals surface area (Å²) in [5, 5.41) is 12.6. The van der Waals surface area contributed by atoms with Crippen LogP contribution in [-0.4, -0.2) is 32.4 Å². The third kappa shape index (κ3) is 3.57. The molecule has 0 bridgehead atoms. The molecule has 0 radical (unpaired) electrons. The number of halogens is 4. The van der Waals surface area contributed by atoms with E-state index in [0.29, 0.717) is 12.0 Å². The second-order valence-corrected chi connectivity index (χ2v) is 5.56. The summed E-state index contributed by atoms with van der Waals surface area (Å²) >= 11 is 0. The molecule has 0 spiro atoms. The highest BCUT2D eigenvalue weighted by Gasteiger charge is 2.26. The number of nitrogens with one attached hydrogen (secondary N) is 2. The summed E-state index contributed by atoms with van der Waals surface area (Å²) in [5.74, 6) is -0.0394. The molecule has 0 unspecified atom stereocenters. The van der Waals surface area contributed by atoms with Gasteiger partial charge in [-0.25, -0.2) is 17.6 Å². The van der Waals surface area contributed by atoms with Gasteiger partial charge in [0.05, 0.1) is 6.54 Å². The van der Waals surface area contributed by atoms with Gasteiger partial charge in [-0.1, -0.05) is 0 Å². The standard InChI is InChI=1S/C14H15F4N5O/c15-12(16)9-6-11(13(17)18)23(22-9)4-3-19-14(24)10-5-8(20-21-10)7-1-2-7/h5-7,12-13H,1-4H2,(H,19,24)(H,20,21). The zero-order valence-electron chi connectivity index (χ0n) is 12.5. The lowest BCUT2D eigenvalue weighted by Gasteiger charge is -2.07. The maximum atomic E-state index is 12.8. The predicted octanol–water partition coefficient (Wildman–Crippen LogP) is 2.79. The van der Waals surface area contributed by atoms with Crippen LogP contribution in [0.3, 0.4) is 0 Å². The lowest BCUT2D eigenvalue weighted by atomic mass is 10.2. The van der Waals surface area contributed by atoms with Crippen molar-refractivity contribution in [1.29, 1.82) is 0 Å². The minimum Gasteiger partial charge on any atom is -0.349 e. The molecule has 130 valence electrons. The molecule has 0 aromatic carbocycles. The van der Waals surface area contributed by atoms with Gasteiger partial charge in [-0.2, -0.15) is 10.2 Å². The van der Waals surface area contributed by atoms with Crippen LogP contribution in [0.5, 0.6) is 0 Å². The Morgan fingerprint density at radius 2 is 2.04 bits per heavy atom. The largest absolute Gasteiger partial charge is 0.349 e. The van der Waals surface area contributed by atoms with E-state index >= 15 is 0 Å². The molecule has 2 aromatic rings. The molecular weight excluding hydrogens is 330 g/mol. The van der Waals surface area contributed by atoms with Gasteiger partial charge in [0.1, 0.15) is 17.1 Å². The van der Waals surface area contributed by atoms with E-state index in [1.807, 2.05) is 0 Å². The van der Waals surface area contributed by atoms with Gasteiger partial charge in [0.15, 0.2) is 0 Å². The van der Waals surface area contributed by atoms with Gasteiger partial charge >= 0.3 is 0 Å². The summed E-state index contributed by atoms with van der Waals surface area (Å²) in [6.07, 6.45) is -3.73. The Hall–Kier alpha value is -2.39. The van der Waals surface area contributed by atoms with E-state index in [2.05, 4.69) is 20.6 Å². The highest BCUT2D eigenvalue weighted by Crippen LogP contribution is 2.38. The zero-order valence-corrected chi connectivity index (χ0v) is 12.5. The summed E-state index contributed by atoms with van der Waals surface area (Å²) in [6, 6.07) is 2.33. The fraction of sp³-hybridized carbons (Fsp3) is 0.500. The van der Waals surface area contributed by atoms with Crippen LogP contribution < -0.4 is 5.32 Å². The molecule has 6 nitrogen and oxygen atoms in total. The second-order valence-electron chi connectivity index (χ2n) is 5.56. The maximum absolute atomic E-state index is 12.8. The molecule has 24 heavy (non-hydrogen) atoms. The van der Waals surface area contributed by atoms with Crippen LogP contribution >= 0.6 is 0 Å². The molecule has 1 fully saturated rings. The SMILES string of the molecule is O=C(NCCn1nc(C(F)F)cc1C(F)F)c1cc(C2CC2)[nH]n1. The molecule has 0 aliphatic heterocycles. The Balaban J connectivity index is 1.58. The van der Waals surface area contributed by atoms with Crippen LogP contribution in [0.1, 0.15) is 59.2 Å². The number of amides is 1. The first kappa shape index (κ1) is 16.5. The van der Waals surface area contributed by atoms with Gasteiger partial charge in [0.2, 0.25) is 0 Å². The Morgan fingerprint density at radius 3 is 2.67 bits per heavy atom. The van der Waals surface area contributed by atoms with E-state index in [1.165, 1.54) is 0 Å². The monoisotopic (exact) mass is 345 g/mol. The van der Waals surface area contributed by atoms with Crippen molar-refractivity contribution in [2.45, 2.75) is 38.2 Å². The molecule has 3 rings (SSSR count). The Bertz CT molecular complexity index is 723. The normalized spacial score (nSPS) is 14.6. The molecule has 2 aromatic heterocycles. The van der Waals surface area contributed by atoms with Gasteiger partial charge in [0, 0.05) is 18.2 Å². The topological polar surface area (TPSA) is 75.6 Å². The van der Waals surface area contributed by atoms with Crippen LogP contribution in [0.2, 0.25) is 0 Å². The van der Waals surface area contributed by atoms with Crippen LogP contribution in [-0.2, 0) is 6.54 Å². The molecule has 1 aliphatic carbocycles. The Labute approximate surface area is 134 Å². The first-order valence-corrected chi connectivity index (χ1v) is 7.43. The lowest BCUT2D eigenvalue weighted by molar-refractivity contribution is 0.0945. The molecule has 10 heteroatoms. The van der Waals surface area contributed by atoms with Gasteiger partial charge in [-0.3, -0.25) is 14.6 Å². The fourth-order valence-corrected chi connectivity index (χ4v) is 2.34. The first-order chi connectivity index (χ1) is 11.5. The van der Waals surface area contributed by atoms with Crippen molar-refractivity contribution >= 4 is 5.91 Å². The minimum absolute atomic E-state index is 0.0332. The molecule has 1 aliphatic rings. The molecular formula is C14H15F4N5O. The molecule has 1 amide bonds. The Morgan fingerprint density at radius 1 is 1.29 bits per heavy atom. The number of rotatable bonds is 7. The number of aromatic amines is 1. The smallest absolute Gasteiger partial charge is 0.282 e. The molecule has 2 N–H and O–H groups in total. The number of aromatic nitrogens is 4. The van der Waals surface area contributed by atoms with Gasteiger partial charge in [-0.15, -0.1) is 0 Å². The van der Waals surface area contributed by atoms with E-state index in [-0.39, 0.29) is 18.8 Å². The summed E-state index contributed by atoms with van der Waals surface area (Å²) < 4.78 is 51.6. The van der Waals surface area contributed by atoms with Crippen LogP contribution in [0.25, 0.3) is 0 Å². The number of carbonyl (C=O) groups excluding carboxylic acids is 1. The molecule has 0 atom stereocenters. The van der Waals surface area contributed by atoms with E-state index < -0.39 is 30.1 Å². The first-order valence-electron chi connectivity index (χ1n) is 7.43. The van der Waals surface area contributed by atoms with Crippen LogP contribution in [0.15, 0.2) is 12.1 Å². The average molecular weight is 345 g/mol. The van der Waals surface area contributed by atoms with Gasteiger partial charge in [0.25, 0.3) is 18.8 Å². The number of alkyl halides is 4. The quantitative estimate of drug-likeness (QED) is 0.758. The highest BCUT2D eigenvalue weighted by atomic mass is 19.3. The third-order valence-corrected chi connectivity index (χ3v) is 3.73. The number of hydrogen-bond acceptors (Lipinski definition) is 3.